The molecule has 0 atom stereocenters. The number of rotatable bonds is 3. The lowest BCUT2D eigenvalue weighted by molar-refractivity contribution is -0.115. The first-order valence-electron chi connectivity index (χ1n) is 6.95. The molecule has 0 unspecified atom stereocenters. The van der Waals surface area contributed by atoms with E-state index in [9.17, 15) is 9.59 Å². The average molecular weight is 315 g/mol. The standard InChI is InChI=1S/C16H17N3O2S/c1-10-7-13-14(19(3)16(21)18(13)2)9-12(10)17-15(20)8-11-5-4-6-22-11/h4-7,9H,8H2,1-3H3,(H,17,20). The van der Waals surface area contributed by atoms with Gasteiger partial charge in [-0.3, -0.25) is 13.9 Å². The summed E-state index contributed by atoms with van der Waals surface area (Å²) in [5.74, 6) is -0.0502. The van der Waals surface area contributed by atoms with E-state index < -0.39 is 0 Å². The summed E-state index contributed by atoms with van der Waals surface area (Å²) < 4.78 is 3.20. The Bertz CT molecular complexity index is 904. The van der Waals surface area contributed by atoms with Crippen molar-refractivity contribution in [2.75, 3.05) is 5.32 Å². The molecule has 0 fully saturated rings. The summed E-state index contributed by atoms with van der Waals surface area (Å²) in [4.78, 5) is 25.2. The van der Waals surface area contributed by atoms with Crippen LogP contribution in [0.25, 0.3) is 11.0 Å². The van der Waals surface area contributed by atoms with E-state index >= 15 is 0 Å². The predicted octanol–water partition coefficient (Wildman–Crippen LogP) is 2.43. The number of aromatic nitrogens is 2. The maximum Gasteiger partial charge on any atom is 0.328 e. The molecule has 0 spiro atoms. The highest BCUT2D eigenvalue weighted by molar-refractivity contribution is 7.10. The van der Waals surface area contributed by atoms with Crippen molar-refractivity contribution in [3.8, 4) is 0 Å². The Hall–Kier alpha value is -2.34. The molecule has 0 bridgehead atoms. The summed E-state index contributed by atoms with van der Waals surface area (Å²) in [6.07, 6.45) is 0.364. The van der Waals surface area contributed by atoms with Gasteiger partial charge in [-0.15, -0.1) is 11.3 Å². The molecule has 1 amide bonds. The molecular weight excluding hydrogens is 298 g/mol. The highest BCUT2D eigenvalue weighted by Gasteiger charge is 2.12. The van der Waals surface area contributed by atoms with Crippen LogP contribution in [0, 0.1) is 6.92 Å². The van der Waals surface area contributed by atoms with E-state index in [-0.39, 0.29) is 11.6 Å². The monoisotopic (exact) mass is 315 g/mol. The SMILES string of the molecule is Cc1cc2c(cc1NC(=O)Cc1cccs1)n(C)c(=O)n2C. The third-order valence-corrected chi connectivity index (χ3v) is 4.68. The summed E-state index contributed by atoms with van der Waals surface area (Å²) in [6, 6.07) is 7.67. The molecule has 22 heavy (non-hydrogen) atoms. The molecule has 0 aliphatic heterocycles. The number of fused-ring (bicyclic) bond motifs is 1. The van der Waals surface area contributed by atoms with Crippen LogP contribution in [0.4, 0.5) is 5.69 Å². The molecule has 1 N–H and O–H groups in total. The number of anilines is 1. The number of aryl methyl sites for hydroxylation is 3. The predicted molar refractivity (Wildman–Crippen MR) is 89.5 cm³/mol. The van der Waals surface area contributed by atoms with Crippen LogP contribution in [-0.4, -0.2) is 15.0 Å². The highest BCUT2D eigenvalue weighted by Crippen LogP contribution is 2.23. The number of benzene rings is 1. The van der Waals surface area contributed by atoms with Gasteiger partial charge in [-0.1, -0.05) is 6.07 Å². The summed E-state index contributed by atoms with van der Waals surface area (Å²) >= 11 is 1.57. The van der Waals surface area contributed by atoms with E-state index in [0.29, 0.717) is 6.42 Å². The van der Waals surface area contributed by atoms with Crippen LogP contribution in [0.3, 0.4) is 0 Å². The molecule has 3 aromatic rings. The topological polar surface area (TPSA) is 56.0 Å². The minimum atomic E-state index is -0.0727. The molecule has 1 aromatic carbocycles. The lowest BCUT2D eigenvalue weighted by Gasteiger charge is -2.09. The Morgan fingerprint density at radius 1 is 1.23 bits per heavy atom. The zero-order valence-electron chi connectivity index (χ0n) is 12.7. The number of nitrogens with one attached hydrogen (secondary N) is 1. The van der Waals surface area contributed by atoms with Crippen molar-refractivity contribution in [3.63, 3.8) is 0 Å². The summed E-state index contributed by atoms with van der Waals surface area (Å²) in [7, 11) is 3.48. The van der Waals surface area contributed by atoms with Gasteiger partial charge in [0.1, 0.15) is 0 Å². The fraction of sp³-hybridized carbons (Fsp3) is 0.250. The van der Waals surface area contributed by atoms with Gasteiger partial charge in [-0.2, -0.15) is 0 Å². The number of hydrogen-bond acceptors (Lipinski definition) is 3. The first-order valence-corrected chi connectivity index (χ1v) is 7.83. The Morgan fingerprint density at radius 2 is 1.91 bits per heavy atom. The second kappa shape index (κ2) is 5.46. The molecular formula is C16H17N3O2S. The van der Waals surface area contributed by atoms with Crippen molar-refractivity contribution in [2.24, 2.45) is 14.1 Å². The molecule has 2 aromatic heterocycles. The molecule has 0 saturated carbocycles. The Labute approximate surface area is 131 Å². The minimum absolute atomic E-state index is 0.0502. The van der Waals surface area contributed by atoms with Gasteiger partial charge in [0.2, 0.25) is 5.91 Å². The third-order valence-electron chi connectivity index (χ3n) is 3.81. The van der Waals surface area contributed by atoms with Crippen molar-refractivity contribution in [3.05, 3.63) is 50.6 Å². The number of amides is 1. The maximum atomic E-state index is 12.1. The van der Waals surface area contributed by atoms with Gasteiger partial charge in [0.05, 0.1) is 17.5 Å². The van der Waals surface area contributed by atoms with E-state index in [2.05, 4.69) is 5.32 Å². The summed E-state index contributed by atoms with van der Waals surface area (Å²) in [6.45, 7) is 1.93. The van der Waals surface area contributed by atoms with E-state index in [1.54, 1.807) is 34.6 Å². The van der Waals surface area contributed by atoms with Crippen molar-refractivity contribution >= 4 is 34.0 Å². The molecule has 3 rings (SSSR count). The number of nitrogens with zero attached hydrogens (tertiary/aromatic N) is 2. The average Bonchev–Trinajstić information content (AvgIpc) is 3.05. The molecule has 0 aliphatic carbocycles. The van der Waals surface area contributed by atoms with Crippen LogP contribution in [0.15, 0.2) is 34.4 Å². The number of carbonyl (C=O) groups is 1. The van der Waals surface area contributed by atoms with Crippen LogP contribution in [0.2, 0.25) is 0 Å². The third kappa shape index (κ3) is 2.46. The fourth-order valence-corrected chi connectivity index (χ4v) is 3.25. The number of imidazole rings is 1. The highest BCUT2D eigenvalue weighted by atomic mass is 32.1. The van der Waals surface area contributed by atoms with Crippen molar-refractivity contribution in [2.45, 2.75) is 13.3 Å². The van der Waals surface area contributed by atoms with E-state index in [1.165, 1.54) is 0 Å². The molecule has 2 heterocycles. The van der Waals surface area contributed by atoms with E-state index in [4.69, 9.17) is 0 Å². The van der Waals surface area contributed by atoms with Gasteiger partial charge in [-0.05, 0) is 36.1 Å². The second-order valence-electron chi connectivity index (χ2n) is 5.36. The van der Waals surface area contributed by atoms with Gasteiger partial charge in [0.25, 0.3) is 0 Å². The number of thiophene rings is 1. The maximum absolute atomic E-state index is 12.1. The van der Waals surface area contributed by atoms with Crippen molar-refractivity contribution in [1.82, 2.24) is 9.13 Å². The van der Waals surface area contributed by atoms with Crippen LogP contribution in [0.1, 0.15) is 10.4 Å². The molecule has 0 aliphatic rings. The smallest absolute Gasteiger partial charge is 0.325 e. The van der Waals surface area contributed by atoms with Gasteiger partial charge < -0.3 is 5.32 Å². The van der Waals surface area contributed by atoms with Crippen LogP contribution in [-0.2, 0) is 25.3 Å². The van der Waals surface area contributed by atoms with E-state index in [0.717, 1.165) is 27.2 Å². The van der Waals surface area contributed by atoms with Gasteiger partial charge in [0.15, 0.2) is 0 Å². The molecule has 0 radical (unpaired) electrons. The van der Waals surface area contributed by atoms with E-state index in [1.807, 2.05) is 36.6 Å². The lowest BCUT2D eigenvalue weighted by Crippen LogP contribution is -2.19. The van der Waals surface area contributed by atoms with Crippen molar-refractivity contribution < 1.29 is 4.79 Å². The zero-order valence-corrected chi connectivity index (χ0v) is 13.5. The quantitative estimate of drug-likeness (QED) is 0.807. The fourth-order valence-electron chi connectivity index (χ4n) is 2.55. The first-order chi connectivity index (χ1) is 10.5. The normalized spacial score (nSPS) is 11.0. The van der Waals surface area contributed by atoms with Gasteiger partial charge in [-0.25, -0.2) is 4.79 Å². The molecule has 0 saturated heterocycles. The summed E-state index contributed by atoms with van der Waals surface area (Å²) in [5, 5.41) is 4.90. The lowest BCUT2D eigenvalue weighted by atomic mass is 10.1. The van der Waals surface area contributed by atoms with Gasteiger partial charge >= 0.3 is 5.69 Å². The largest absolute Gasteiger partial charge is 0.328 e. The second-order valence-corrected chi connectivity index (χ2v) is 6.39. The van der Waals surface area contributed by atoms with Crippen LogP contribution in [0.5, 0.6) is 0 Å². The Morgan fingerprint density at radius 3 is 2.55 bits per heavy atom. The first kappa shape index (κ1) is 14.6. The van der Waals surface area contributed by atoms with Crippen LogP contribution < -0.4 is 11.0 Å². The number of carbonyl (C=O) groups excluding carboxylic acids is 1. The summed E-state index contributed by atoms with van der Waals surface area (Å²) in [5.41, 5.74) is 3.28. The minimum Gasteiger partial charge on any atom is -0.325 e. The van der Waals surface area contributed by atoms with Crippen molar-refractivity contribution in [1.29, 1.82) is 0 Å². The molecule has 5 nitrogen and oxygen atoms in total. The zero-order chi connectivity index (χ0) is 15.9. The van der Waals surface area contributed by atoms with Gasteiger partial charge in [0, 0.05) is 24.7 Å². The van der Waals surface area contributed by atoms with Crippen LogP contribution >= 0.6 is 11.3 Å². The Kier molecular flexibility index (Phi) is 3.62. The molecule has 6 heteroatoms. The Balaban J connectivity index is 1.94. The molecule has 114 valence electrons. The number of hydrogen-bond donors (Lipinski definition) is 1.